The van der Waals surface area contributed by atoms with Gasteiger partial charge in [-0.1, -0.05) is 36.4 Å². The molecule has 4 heteroatoms. The SMILES string of the molecule is C=C[C@H](Cc1ccccc1)NS(C)(=O)=O. The second kappa shape index (κ2) is 5.09. The van der Waals surface area contributed by atoms with E-state index in [1.54, 1.807) is 6.08 Å². The lowest BCUT2D eigenvalue weighted by Gasteiger charge is -2.12. The molecule has 0 spiro atoms. The zero-order chi connectivity index (χ0) is 11.3. The van der Waals surface area contributed by atoms with Gasteiger partial charge in [-0.05, 0) is 12.0 Å². The van der Waals surface area contributed by atoms with Crippen LogP contribution >= 0.6 is 0 Å². The molecular formula is C11H15NO2S. The fourth-order valence-electron chi connectivity index (χ4n) is 1.32. The highest BCUT2D eigenvalue weighted by Crippen LogP contribution is 2.04. The first-order valence-corrected chi connectivity index (χ1v) is 6.54. The monoisotopic (exact) mass is 225 g/mol. The maximum atomic E-state index is 11.0. The predicted molar refractivity (Wildman–Crippen MR) is 62.1 cm³/mol. The molecule has 1 rings (SSSR count). The van der Waals surface area contributed by atoms with E-state index < -0.39 is 10.0 Å². The van der Waals surface area contributed by atoms with Crippen molar-refractivity contribution in [3.63, 3.8) is 0 Å². The van der Waals surface area contributed by atoms with Crippen LogP contribution in [0.5, 0.6) is 0 Å². The fourth-order valence-corrected chi connectivity index (χ4v) is 2.05. The van der Waals surface area contributed by atoms with E-state index in [1.807, 2.05) is 30.3 Å². The molecule has 0 heterocycles. The van der Waals surface area contributed by atoms with Crippen LogP contribution in [0.4, 0.5) is 0 Å². The maximum Gasteiger partial charge on any atom is 0.209 e. The van der Waals surface area contributed by atoms with Crippen molar-refractivity contribution < 1.29 is 8.42 Å². The third kappa shape index (κ3) is 4.76. The van der Waals surface area contributed by atoms with Crippen LogP contribution < -0.4 is 4.72 Å². The summed E-state index contributed by atoms with van der Waals surface area (Å²) in [5, 5.41) is 0. The van der Waals surface area contributed by atoms with Gasteiger partial charge in [-0.3, -0.25) is 0 Å². The summed E-state index contributed by atoms with van der Waals surface area (Å²) in [5.74, 6) is 0. The van der Waals surface area contributed by atoms with Gasteiger partial charge >= 0.3 is 0 Å². The Morgan fingerprint density at radius 1 is 1.40 bits per heavy atom. The van der Waals surface area contributed by atoms with Crippen LogP contribution in [0.3, 0.4) is 0 Å². The normalized spacial score (nSPS) is 13.4. The zero-order valence-electron chi connectivity index (χ0n) is 8.68. The van der Waals surface area contributed by atoms with Crippen LogP contribution in [0.25, 0.3) is 0 Å². The Labute approximate surface area is 90.9 Å². The summed E-state index contributed by atoms with van der Waals surface area (Å²) in [6.07, 6.45) is 3.37. The van der Waals surface area contributed by atoms with Crippen molar-refractivity contribution in [2.75, 3.05) is 6.26 Å². The molecular weight excluding hydrogens is 210 g/mol. The van der Waals surface area contributed by atoms with Gasteiger partial charge in [0.1, 0.15) is 0 Å². The minimum Gasteiger partial charge on any atom is -0.213 e. The second-order valence-electron chi connectivity index (χ2n) is 3.42. The predicted octanol–water partition coefficient (Wildman–Crippen LogP) is 1.33. The van der Waals surface area contributed by atoms with E-state index in [0.717, 1.165) is 11.8 Å². The van der Waals surface area contributed by atoms with E-state index in [2.05, 4.69) is 11.3 Å². The third-order valence-electron chi connectivity index (χ3n) is 1.95. The van der Waals surface area contributed by atoms with Crippen LogP contribution in [-0.2, 0) is 16.4 Å². The summed E-state index contributed by atoms with van der Waals surface area (Å²) in [6, 6.07) is 9.45. The van der Waals surface area contributed by atoms with Crippen molar-refractivity contribution in [2.24, 2.45) is 0 Å². The quantitative estimate of drug-likeness (QED) is 0.768. The summed E-state index contributed by atoms with van der Waals surface area (Å²) in [6.45, 7) is 3.61. The minimum atomic E-state index is -3.18. The van der Waals surface area contributed by atoms with Crippen LogP contribution in [0.1, 0.15) is 5.56 Å². The van der Waals surface area contributed by atoms with E-state index in [9.17, 15) is 8.42 Å². The maximum absolute atomic E-state index is 11.0. The fraction of sp³-hybridized carbons (Fsp3) is 0.273. The lowest BCUT2D eigenvalue weighted by Crippen LogP contribution is -2.33. The molecule has 1 N–H and O–H groups in total. The average molecular weight is 225 g/mol. The lowest BCUT2D eigenvalue weighted by molar-refractivity contribution is 0.576. The molecule has 0 aliphatic heterocycles. The van der Waals surface area contributed by atoms with Crippen molar-refractivity contribution in [1.29, 1.82) is 0 Å². The van der Waals surface area contributed by atoms with Gasteiger partial charge in [0.05, 0.1) is 6.26 Å². The van der Waals surface area contributed by atoms with Gasteiger partial charge in [0, 0.05) is 6.04 Å². The van der Waals surface area contributed by atoms with Gasteiger partial charge in [0.2, 0.25) is 10.0 Å². The number of benzene rings is 1. The highest BCUT2D eigenvalue weighted by Gasteiger charge is 2.10. The molecule has 0 bridgehead atoms. The molecule has 0 aromatic heterocycles. The van der Waals surface area contributed by atoms with E-state index in [1.165, 1.54) is 0 Å². The van der Waals surface area contributed by atoms with Gasteiger partial charge < -0.3 is 0 Å². The Morgan fingerprint density at radius 3 is 2.47 bits per heavy atom. The van der Waals surface area contributed by atoms with Gasteiger partial charge in [-0.25, -0.2) is 13.1 Å². The first-order chi connectivity index (χ1) is 7.01. The van der Waals surface area contributed by atoms with Gasteiger partial charge in [0.15, 0.2) is 0 Å². The van der Waals surface area contributed by atoms with Gasteiger partial charge in [-0.15, -0.1) is 6.58 Å². The molecule has 1 aromatic rings. The lowest BCUT2D eigenvalue weighted by atomic mass is 10.1. The van der Waals surface area contributed by atoms with E-state index in [0.29, 0.717) is 6.42 Å². The molecule has 0 aliphatic rings. The molecule has 0 fully saturated rings. The first-order valence-electron chi connectivity index (χ1n) is 4.65. The van der Waals surface area contributed by atoms with Gasteiger partial charge in [0.25, 0.3) is 0 Å². The van der Waals surface area contributed by atoms with E-state index in [4.69, 9.17) is 0 Å². The summed E-state index contributed by atoms with van der Waals surface area (Å²) in [7, 11) is -3.18. The number of hydrogen-bond donors (Lipinski definition) is 1. The largest absolute Gasteiger partial charge is 0.213 e. The van der Waals surface area contributed by atoms with Crippen LogP contribution in [-0.4, -0.2) is 20.7 Å². The Hall–Kier alpha value is -1.13. The van der Waals surface area contributed by atoms with Crippen molar-refractivity contribution in [2.45, 2.75) is 12.5 Å². The van der Waals surface area contributed by atoms with Crippen molar-refractivity contribution >= 4 is 10.0 Å². The first kappa shape index (κ1) is 11.9. The minimum absolute atomic E-state index is 0.248. The molecule has 82 valence electrons. The standard InChI is InChI=1S/C11H15NO2S/c1-3-11(12-15(2,13)14)9-10-7-5-4-6-8-10/h3-8,11-12H,1,9H2,2H3/t11-/m1/s1. The van der Waals surface area contributed by atoms with Crippen LogP contribution in [0.15, 0.2) is 43.0 Å². The molecule has 15 heavy (non-hydrogen) atoms. The smallest absolute Gasteiger partial charge is 0.209 e. The molecule has 0 aliphatic carbocycles. The molecule has 1 aromatic carbocycles. The topological polar surface area (TPSA) is 46.2 Å². The molecule has 0 radical (unpaired) electrons. The molecule has 0 amide bonds. The Balaban J connectivity index is 2.67. The van der Waals surface area contributed by atoms with Crippen molar-refractivity contribution in [3.8, 4) is 0 Å². The molecule has 0 saturated heterocycles. The number of hydrogen-bond acceptors (Lipinski definition) is 2. The Morgan fingerprint density at radius 2 is 2.00 bits per heavy atom. The highest BCUT2D eigenvalue weighted by molar-refractivity contribution is 7.88. The highest BCUT2D eigenvalue weighted by atomic mass is 32.2. The summed E-state index contributed by atoms with van der Waals surface area (Å²) < 4.78 is 24.6. The zero-order valence-corrected chi connectivity index (χ0v) is 9.50. The molecule has 0 unspecified atom stereocenters. The Bertz CT molecular complexity index is 411. The van der Waals surface area contributed by atoms with Gasteiger partial charge in [-0.2, -0.15) is 0 Å². The Kier molecular flexibility index (Phi) is 4.05. The van der Waals surface area contributed by atoms with Crippen LogP contribution in [0, 0.1) is 0 Å². The average Bonchev–Trinajstić information content (AvgIpc) is 2.16. The number of sulfonamides is 1. The number of rotatable bonds is 5. The van der Waals surface area contributed by atoms with E-state index >= 15 is 0 Å². The summed E-state index contributed by atoms with van der Waals surface area (Å²) in [5.41, 5.74) is 1.08. The molecule has 1 atom stereocenters. The van der Waals surface area contributed by atoms with Crippen molar-refractivity contribution in [1.82, 2.24) is 4.72 Å². The van der Waals surface area contributed by atoms with E-state index in [-0.39, 0.29) is 6.04 Å². The number of nitrogens with one attached hydrogen (secondary N) is 1. The van der Waals surface area contributed by atoms with Crippen molar-refractivity contribution in [3.05, 3.63) is 48.6 Å². The third-order valence-corrected chi connectivity index (χ3v) is 2.68. The second-order valence-corrected chi connectivity index (χ2v) is 5.20. The molecule has 3 nitrogen and oxygen atoms in total. The van der Waals surface area contributed by atoms with Crippen LogP contribution in [0.2, 0.25) is 0 Å². The summed E-state index contributed by atoms with van der Waals surface area (Å²) in [4.78, 5) is 0. The summed E-state index contributed by atoms with van der Waals surface area (Å²) >= 11 is 0. The molecule has 0 saturated carbocycles.